The highest BCUT2D eigenvalue weighted by Crippen LogP contribution is 2.37. The maximum atomic E-state index is 5.68. The Balaban J connectivity index is 1.84. The number of fused-ring (bicyclic) bond motifs is 1. The van der Waals surface area contributed by atoms with E-state index < -0.39 is 0 Å². The van der Waals surface area contributed by atoms with Crippen molar-refractivity contribution in [1.29, 1.82) is 0 Å². The van der Waals surface area contributed by atoms with Gasteiger partial charge in [0.2, 0.25) is 0 Å². The molecule has 0 saturated heterocycles. The van der Waals surface area contributed by atoms with Gasteiger partial charge < -0.3 is 9.47 Å². The van der Waals surface area contributed by atoms with Crippen LogP contribution >= 0.6 is 11.8 Å². The van der Waals surface area contributed by atoms with Crippen molar-refractivity contribution in [3.63, 3.8) is 0 Å². The van der Waals surface area contributed by atoms with Gasteiger partial charge >= 0.3 is 5.95 Å². The summed E-state index contributed by atoms with van der Waals surface area (Å²) >= 11 is 1.59. The summed E-state index contributed by atoms with van der Waals surface area (Å²) in [6, 6.07) is 25.2. The number of hydrogen-bond donors (Lipinski definition) is 0. The number of hydrogen-bond acceptors (Lipinski definition) is 5. The van der Waals surface area contributed by atoms with Gasteiger partial charge in [0, 0.05) is 10.9 Å². The molecule has 0 N–H and O–H groups in total. The smallest absolute Gasteiger partial charge is 0.429 e. The second-order valence-corrected chi connectivity index (χ2v) is 9.46. The molecule has 0 bridgehead atoms. The Morgan fingerprint density at radius 3 is 2.22 bits per heavy atom. The minimum Gasteiger partial charge on any atom is -0.493 e. The van der Waals surface area contributed by atoms with Crippen molar-refractivity contribution >= 4 is 22.5 Å². The Hall–Kier alpha value is -3.84. The van der Waals surface area contributed by atoms with Gasteiger partial charge in [0.15, 0.2) is 11.5 Å². The van der Waals surface area contributed by atoms with Crippen LogP contribution in [0.2, 0.25) is 0 Å². The number of methoxy groups -OCH3 is 2. The Labute approximate surface area is 215 Å². The normalized spacial score (nSPS) is 11.1. The van der Waals surface area contributed by atoms with Crippen molar-refractivity contribution in [2.24, 2.45) is 0 Å². The first-order valence-electron chi connectivity index (χ1n) is 11.7. The first-order chi connectivity index (χ1) is 17.5. The van der Waals surface area contributed by atoms with Crippen LogP contribution in [0.25, 0.3) is 28.0 Å². The molecular weight excluding hydrogens is 468 g/mol. The third-order valence-corrected chi connectivity index (χ3v) is 7.01. The fourth-order valence-corrected chi connectivity index (χ4v) is 5.05. The van der Waals surface area contributed by atoms with Gasteiger partial charge in [-0.2, -0.15) is 9.13 Å². The predicted molar refractivity (Wildman–Crippen MR) is 144 cm³/mol. The van der Waals surface area contributed by atoms with Crippen molar-refractivity contribution in [2.75, 3.05) is 20.5 Å². The van der Waals surface area contributed by atoms with Gasteiger partial charge in [-0.15, -0.1) is 0 Å². The lowest BCUT2D eigenvalue weighted by molar-refractivity contribution is -0.599. The Morgan fingerprint density at radius 2 is 1.56 bits per heavy atom. The van der Waals surface area contributed by atoms with Gasteiger partial charge in [0.1, 0.15) is 5.69 Å². The van der Waals surface area contributed by atoms with Crippen LogP contribution in [0.15, 0.2) is 78.0 Å². The average molecular weight is 498 g/mol. The fourth-order valence-electron chi connectivity index (χ4n) is 4.56. The summed E-state index contributed by atoms with van der Waals surface area (Å²) in [5, 5.41) is 12.2. The number of nitrogens with zero attached hydrogens (tertiary/aromatic N) is 4. The molecule has 0 amide bonds. The monoisotopic (exact) mass is 497 g/mol. The zero-order chi connectivity index (χ0) is 25.2. The number of benzene rings is 3. The zero-order valence-corrected chi connectivity index (χ0v) is 22.0. The molecule has 36 heavy (non-hydrogen) atoms. The van der Waals surface area contributed by atoms with E-state index >= 15 is 0 Å². The molecule has 5 rings (SSSR count). The number of rotatable bonds is 7. The van der Waals surface area contributed by atoms with E-state index in [1.807, 2.05) is 24.5 Å². The zero-order valence-electron chi connectivity index (χ0n) is 21.1. The van der Waals surface area contributed by atoms with Crippen LogP contribution in [0.5, 0.6) is 11.5 Å². The van der Waals surface area contributed by atoms with E-state index in [0.29, 0.717) is 18.0 Å². The van der Waals surface area contributed by atoms with Gasteiger partial charge in [-0.05, 0) is 54.4 Å². The summed E-state index contributed by atoms with van der Waals surface area (Å²) in [5.74, 6) is 2.16. The lowest BCUT2D eigenvalue weighted by atomic mass is 10.0. The lowest BCUT2D eigenvalue weighted by Crippen LogP contribution is -2.40. The molecular formula is C29H29N4O2S+. The molecule has 0 saturated carbocycles. The van der Waals surface area contributed by atoms with E-state index in [0.717, 1.165) is 38.8 Å². The van der Waals surface area contributed by atoms with Gasteiger partial charge in [0.25, 0.3) is 5.16 Å². The molecule has 2 aromatic heterocycles. The van der Waals surface area contributed by atoms with E-state index in [1.165, 1.54) is 11.1 Å². The Kier molecular flexibility index (Phi) is 6.65. The first kappa shape index (κ1) is 23.9. The van der Waals surface area contributed by atoms with E-state index in [9.17, 15) is 0 Å². The highest BCUT2D eigenvalue weighted by Gasteiger charge is 2.29. The molecule has 0 spiro atoms. The summed E-state index contributed by atoms with van der Waals surface area (Å²) in [4.78, 5) is 0. The van der Waals surface area contributed by atoms with E-state index in [1.54, 1.807) is 26.0 Å². The topological polar surface area (TPSA) is 53.0 Å². The molecule has 7 heteroatoms. The van der Waals surface area contributed by atoms with Crippen molar-refractivity contribution in [3.8, 4) is 28.7 Å². The maximum Gasteiger partial charge on any atom is 0.429 e. The molecule has 6 nitrogen and oxygen atoms in total. The number of aromatic nitrogens is 4. The number of ether oxygens (including phenoxy) is 2. The largest absolute Gasteiger partial charge is 0.493 e. The molecule has 0 aliphatic carbocycles. The van der Waals surface area contributed by atoms with Crippen LogP contribution in [-0.4, -0.2) is 35.2 Å². The summed E-state index contributed by atoms with van der Waals surface area (Å²) in [7, 11) is 3.33. The lowest BCUT2D eigenvalue weighted by Gasteiger charge is -2.17. The molecule has 0 aliphatic heterocycles. The third kappa shape index (κ3) is 4.31. The summed E-state index contributed by atoms with van der Waals surface area (Å²) in [6.45, 7) is 4.87. The predicted octanol–water partition coefficient (Wildman–Crippen LogP) is 5.78. The van der Waals surface area contributed by atoms with Crippen LogP contribution in [0.1, 0.15) is 16.8 Å². The maximum absolute atomic E-state index is 5.68. The minimum atomic E-state index is 0.670. The van der Waals surface area contributed by atoms with Crippen LogP contribution in [0.4, 0.5) is 0 Å². The number of aryl methyl sites for hydroxylation is 2. The average Bonchev–Trinajstić information content (AvgIpc) is 3.30. The molecule has 182 valence electrons. The molecule has 0 radical (unpaired) electrons. The van der Waals surface area contributed by atoms with Crippen molar-refractivity contribution < 1.29 is 14.0 Å². The molecule has 0 fully saturated rings. The SMILES string of the molecule is COc1cc2cc(C)[n+](-c3nnc(SC)n3Cc3ccccc3)c(-c3ccc(C)cc3)c2cc1OC. The summed E-state index contributed by atoms with van der Waals surface area (Å²) in [6.07, 6.45) is 2.03. The minimum absolute atomic E-state index is 0.670. The molecule has 0 unspecified atom stereocenters. The van der Waals surface area contributed by atoms with Crippen LogP contribution < -0.4 is 14.0 Å². The van der Waals surface area contributed by atoms with E-state index in [-0.39, 0.29) is 0 Å². The first-order valence-corrected chi connectivity index (χ1v) is 13.0. The molecule has 3 aromatic carbocycles. The van der Waals surface area contributed by atoms with Crippen LogP contribution in [0.3, 0.4) is 0 Å². The number of thioether (sulfide) groups is 1. The molecule has 0 atom stereocenters. The van der Waals surface area contributed by atoms with Crippen LogP contribution in [0, 0.1) is 13.8 Å². The van der Waals surface area contributed by atoms with Crippen LogP contribution in [-0.2, 0) is 6.54 Å². The summed E-state index contributed by atoms with van der Waals surface area (Å²) in [5.41, 5.74) is 5.55. The highest BCUT2D eigenvalue weighted by molar-refractivity contribution is 7.98. The van der Waals surface area contributed by atoms with E-state index in [2.05, 4.69) is 82.7 Å². The fraction of sp³-hybridized carbons (Fsp3) is 0.207. The van der Waals surface area contributed by atoms with Gasteiger partial charge in [-0.25, -0.2) is 0 Å². The quantitative estimate of drug-likeness (QED) is 0.211. The van der Waals surface area contributed by atoms with Crippen molar-refractivity contribution in [3.05, 3.63) is 89.6 Å². The standard InChI is InChI=1S/C29H29N4O2S/c1-19-11-13-22(14-12-19)27-24-17-26(35-4)25(34-3)16-23(24)15-20(2)33(27)28-30-31-29(36-5)32(28)18-21-9-7-6-8-10-21/h6-17H,18H2,1-5H3/q+1. The third-order valence-electron chi connectivity index (χ3n) is 6.34. The molecule has 0 aliphatic rings. The van der Waals surface area contributed by atoms with E-state index in [4.69, 9.17) is 14.6 Å². The highest BCUT2D eigenvalue weighted by atomic mass is 32.2. The Morgan fingerprint density at radius 1 is 0.861 bits per heavy atom. The Bertz CT molecular complexity index is 1530. The van der Waals surface area contributed by atoms with Gasteiger partial charge in [-0.3, -0.25) is 0 Å². The van der Waals surface area contributed by atoms with Gasteiger partial charge in [-0.1, -0.05) is 71.9 Å². The van der Waals surface area contributed by atoms with Crippen molar-refractivity contribution in [1.82, 2.24) is 14.8 Å². The van der Waals surface area contributed by atoms with Gasteiger partial charge in [0.05, 0.1) is 31.6 Å². The molecule has 2 heterocycles. The second-order valence-electron chi connectivity index (χ2n) is 8.69. The number of pyridine rings is 1. The van der Waals surface area contributed by atoms with Crippen molar-refractivity contribution in [2.45, 2.75) is 25.5 Å². The second kappa shape index (κ2) is 10.0. The molecule has 5 aromatic rings. The summed E-state index contributed by atoms with van der Waals surface area (Å²) < 4.78 is 15.7.